The Hall–Kier alpha value is -1.00. The molecule has 0 heterocycles. The van der Waals surface area contributed by atoms with E-state index in [1.165, 1.54) is 6.07 Å². The zero-order chi connectivity index (χ0) is 13.5. The van der Waals surface area contributed by atoms with Crippen molar-refractivity contribution in [3.8, 4) is 0 Å². The minimum Gasteiger partial charge on any atom is -0.327 e. The lowest BCUT2D eigenvalue weighted by molar-refractivity contribution is 0.290. The van der Waals surface area contributed by atoms with Crippen molar-refractivity contribution in [2.75, 3.05) is 19.6 Å². The summed E-state index contributed by atoms with van der Waals surface area (Å²) in [4.78, 5) is 2.30. The van der Waals surface area contributed by atoms with Gasteiger partial charge in [0.1, 0.15) is 0 Å². The van der Waals surface area contributed by atoms with Crippen molar-refractivity contribution in [2.24, 2.45) is 5.73 Å². The van der Waals surface area contributed by atoms with Crippen molar-refractivity contribution < 1.29 is 8.78 Å². The molecule has 102 valence electrons. The van der Waals surface area contributed by atoms with Gasteiger partial charge in [-0.3, -0.25) is 0 Å². The third-order valence-corrected chi connectivity index (χ3v) is 3.19. The lowest BCUT2D eigenvalue weighted by atomic mass is 10.0. The zero-order valence-electron chi connectivity index (χ0n) is 11.1. The molecule has 0 bridgehead atoms. The van der Waals surface area contributed by atoms with Gasteiger partial charge in [-0.05, 0) is 50.2 Å². The third-order valence-electron chi connectivity index (χ3n) is 3.19. The molecule has 1 rings (SSSR count). The van der Waals surface area contributed by atoms with E-state index in [1.807, 2.05) is 0 Å². The van der Waals surface area contributed by atoms with E-state index in [2.05, 4.69) is 18.7 Å². The Labute approximate surface area is 108 Å². The molecule has 2 nitrogen and oxygen atoms in total. The van der Waals surface area contributed by atoms with Gasteiger partial charge < -0.3 is 10.6 Å². The van der Waals surface area contributed by atoms with Gasteiger partial charge in [-0.15, -0.1) is 0 Å². The van der Waals surface area contributed by atoms with Crippen LogP contribution in [0, 0.1) is 11.6 Å². The highest BCUT2D eigenvalue weighted by Crippen LogP contribution is 2.11. The molecule has 1 aromatic carbocycles. The molecule has 0 aliphatic rings. The quantitative estimate of drug-likeness (QED) is 0.812. The van der Waals surface area contributed by atoms with Crippen LogP contribution in [-0.4, -0.2) is 30.6 Å². The second-order valence-corrected chi connectivity index (χ2v) is 4.53. The van der Waals surface area contributed by atoms with Gasteiger partial charge in [-0.2, -0.15) is 0 Å². The summed E-state index contributed by atoms with van der Waals surface area (Å²) < 4.78 is 25.8. The second-order valence-electron chi connectivity index (χ2n) is 4.53. The molecule has 0 spiro atoms. The number of halogens is 2. The summed E-state index contributed by atoms with van der Waals surface area (Å²) in [5.74, 6) is -1.61. The largest absolute Gasteiger partial charge is 0.327 e. The summed E-state index contributed by atoms with van der Waals surface area (Å²) in [6.07, 6.45) is 1.44. The van der Waals surface area contributed by atoms with Gasteiger partial charge in [0.05, 0.1) is 0 Å². The number of hydrogen-bond acceptors (Lipinski definition) is 2. The monoisotopic (exact) mass is 256 g/mol. The minimum absolute atomic E-state index is 0.0181. The van der Waals surface area contributed by atoms with Crippen LogP contribution in [0.4, 0.5) is 8.78 Å². The normalized spacial score (nSPS) is 13.0. The van der Waals surface area contributed by atoms with Crippen LogP contribution in [0.25, 0.3) is 0 Å². The van der Waals surface area contributed by atoms with Crippen LogP contribution in [0.15, 0.2) is 18.2 Å². The summed E-state index contributed by atoms with van der Waals surface area (Å²) in [7, 11) is 0. The maximum absolute atomic E-state index is 13.0. The molecule has 0 radical (unpaired) electrons. The number of hydrogen-bond donors (Lipinski definition) is 1. The lowest BCUT2D eigenvalue weighted by Crippen LogP contribution is -2.31. The van der Waals surface area contributed by atoms with Crippen molar-refractivity contribution in [1.82, 2.24) is 4.90 Å². The molecule has 0 aliphatic heterocycles. The summed E-state index contributed by atoms with van der Waals surface area (Å²) in [6, 6.07) is 3.96. The van der Waals surface area contributed by atoms with E-state index < -0.39 is 11.6 Å². The second kappa shape index (κ2) is 7.44. The fourth-order valence-corrected chi connectivity index (χ4v) is 1.96. The van der Waals surface area contributed by atoms with Crippen LogP contribution in [0.5, 0.6) is 0 Å². The highest BCUT2D eigenvalue weighted by atomic mass is 19.2. The number of benzene rings is 1. The van der Waals surface area contributed by atoms with Crippen molar-refractivity contribution >= 4 is 0 Å². The first-order valence-corrected chi connectivity index (χ1v) is 6.48. The van der Waals surface area contributed by atoms with Gasteiger partial charge in [-0.1, -0.05) is 19.9 Å². The topological polar surface area (TPSA) is 29.3 Å². The molecule has 0 aliphatic carbocycles. The van der Waals surface area contributed by atoms with Gasteiger partial charge in [0.15, 0.2) is 11.6 Å². The summed E-state index contributed by atoms with van der Waals surface area (Å²) >= 11 is 0. The predicted molar refractivity (Wildman–Crippen MR) is 70.4 cm³/mol. The maximum atomic E-state index is 13.0. The van der Waals surface area contributed by atoms with Crippen LogP contribution < -0.4 is 5.73 Å². The highest BCUT2D eigenvalue weighted by molar-refractivity contribution is 5.18. The Kier molecular flexibility index (Phi) is 6.22. The Bertz CT molecular complexity index is 365. The molecular formula is C14H22F2N2. The van der Waals surface area contributed by atoms with E-state index in [9.17, 15) is 8.78 Å². The Balaban J connectivity index is 2.44. The van der Waals surface area contributed by atoms with Crippen molar-refractivity contribution in [2.45, 2.75) is 32.7 Å². The molecule has 18 heavy (non-hydrogen) atoms. The first-order valence-electron chi connectivity index (χ1n) is 6.48. The SMILES string of the molecule is CCN(CC)CCC(N)Cc1ccc(F)c(F)c1. The molecule has 0 amide bonds. The van der Waals surface area contributed by atoms with Gasteiger partial charge >= 0.3 is 0 Å². The molecule has 2 N–H and O–H groups in total. The highest BCUT2D eigenvalue weighted by Gasteiger charge is 2.09. The van der Waals surface area contributed by atoms with Gasteiger partial charge in [0.25, 0.3) is 0 Å². The Morgan fingerprint density at radius 3 is 2.39 bits per heavy atom. The van der Waals surface area contributed by atoms with Crippen LogP contribution >= 0.6 is 0 Å². The molecule has 0 saturated carbocycles. The Morgan fingerprint density at radius 2 is 1.83 bits per heavy atom. The summed E-state index contributed by atoms with van der Waals surface area (Å²) in [5.41, 5.74) is 6.76. The number of nitrogens with zero attached hydrogens (tertiary/aromatic N) is 1. The Morgan fingerprint density at radius 1 is 1.17 bits per heavy atom. The van der Waals surface area contributed by atoms with E-state index in [0.29, 0.717) is 6.42 Å². The maximum Gasteiger partial charge on any atom is 0.159 e. The lowest BCUT2D eigenvalue weighted by Gasteiger charge is -2.20. The van der Waals surface area contributed by atoms with Crippen LogP contribution in [0.2, 0.25) is 0 Å². The first-order chi connectivity index (χ1) is 8.56. The summed E-state index contributed by atoms with van der Waals surface area (Å²) in [6.45, 7) is 7.19. The fraction of sp³-hybridized carbons (Fsp3) is 0.571. The molecule has 1 atom stereocenters. The minimum atomic E-state index is -0.810. The summed E-state index contributed by atoms with van der Waals surface area (Å²) in [5, 5.41) is 0. The van der Waals surface area contributed by atoms with E-state index in [1.54, 1.807) is 6.07 Å². The predicted octanol–water partition coefficient (Wildman–Crippen LogP) is 2.57. The molecular weight excluding hydrogens is 234 g/mol. The molecule has 0 saturated heterocycles. The molecule has 1 unspecified atom stereocenters. The van der Waals surface area contributed by atoms with Crippen molar-refractivity contribution in [1.29, 1.82) is 0 Å². The van der Waals surface area contributed by atoms with Crippen LogP contribution in [-0.2, 0) is 6.42 Å². The van der Waals surface area contributed by atoms with E-state index in [-0.39, 0.29) is 6.04 Å². The van der Waals surface area contributed by atoms with Gasteiger partial charge in [-0.25, -0.2) is 8.78 Å². The third kappa shape index (κ3) is 4.70. The first kappa shape index (κ1) is 15.1. The van der Waals surface area contributed by atoms with Crippen LogP contribution in [0.1, 0.15) is 25.8 Å². The molecule has 0 fully saturated rings. The standard InChI is InChI=1S/C14H22F2N2/c1-3-18(4-2)8-7-12(17)9-11-5-6-13(15)14(16)10-11/h5-6,10,12H,3-4,7-9,17H2,1-2H3. The van der Waals surface area contributed by atoms with Crippen molar-refractivity contribution in [3.63, 3.8) is 0 Å². The fourth-order valence-electron chi connectivity index (χ4n) is 1.96. The van der Waals surface area contributed by atoms with E-state index >= 15 is 0 Å². The van der Waals surface area contributed by atoms with Gasteiger partial charge in [0, 0.05) is 6.04 Å². The molecule has 0 aromatic heterocycles. The smallest absolute Gasteiger partial charge is 0.159 e. The molecule has 4 heteroatoms. The van der Waals surface area contributed by atoms with E-state index in [4.69, 9.17) is 5.73 Å². The van der Waals surface area contributed by atoms with Crippen molar-refractivity contribution in [3.05, 3.63) is 35.4 Å². The molecule has 1 aromatic rings. The average Bonchev–Trinajstić information content (AvgIpc) is 2.35. The zero-order valence-corrected chi connectivity index (χ0v) is 11.1. The van der Waals surface area contributed by atoms with E-state index in [0.717, 1.165) is 37.7 Å². The van der Waals surface area contributed by atoms with Gasteiger partial charge in [0.2, 0.25) is 0 Å². The number of rotatable bonds is 7. The average molecular weight is 256 g/mol. The van der Waals surface area contributed by atoms with Crippen LogP contribution in [0.3, 0.4) is 0 Å². The number of nitrogens with two attached hydrogens (primary N) is 1.